The van der Waals surface area contributed by atoms with E-state index in [0.717, 1.165) is 27.1 Å². The van der Waals surface area contributed by atoms with Crippen LogP contribution in [-0.4, -0.2) is 4.98 Å². The van der Waals surface area contributed by atoms with Gasteiger partial charge in [-0.2, -0.15) is 0 Å². The molecule has 0 bridgehead atoms. The van der Waals surface area contributed by atoms with Crippen molar-refractivity contribution >= 4 is 34.1 Å². The molecule has 0 spiro atoms. The minimum absolute atomic E-state index is 0.698. The summed E-state index contributed by atoms with van der Waals surface area (Å²) < 4.78 is 0. The fraction of sp³-hybridized carbons (Fsp3) is 0. The van der Waals surface area contributed by atoms with Crippen LogP contribution in [-0.2, 0) is 0 Å². The molecule has 3 rings (SSSR count). The molecule has 1 aromatic heterocycles. The number of hydrogen-bond acceptors (Lipinski definition) is 1. The predicted molar refractivity (Wildman–Crippen MR) is 77.2 cm³/mol. The van der Waals surface area contributed by atoms with E-state index in [0.29, 0.717) is 5.02 Å². The average molecular weight is 274 g/mol. The number of nitrogens with zero attached hydrogens (tertiary/aromatic N) is 1. The van der Waals surface area contributed by atoms with Crippen LogP contribution in [0.4, 0.5) is 0 Å². The molecule has 3 heteroatoms. The second kappa shape index (κ2) is 4.60. The molecule has 0 saturated heterocycles. The zero-order chi connectivity index (χ0) is 12.5. The van der Waals surface area contributed by atoms with Crippen molar-refractivity contribution in [1.29, 1.82) is 0 Å². The first kappa shape index (κ1) is 11.5. The largest absolute Gasteiger partial charge is 0.256 e. The SMILES string of the molecule is Clc1ccc2nccc(-c3ccccc3Cl)c2c1. The average Bonchev–Trinajstić information content (AvgIpc) is 2.39. The lowest BCUT2D eigenvalue weighted by molar-refractivity contribution is 1.41. The van der Waals surface area contributed by atoms with Gasteiger partial charge < -0.3 is 0 Å². The number of fused-ring (bicyclic) bond motifs is 1. The van der Waals surface area contributed by atoms with Crippen molar-refractivity contribution < 1.29 is 0 Å². The number of aromatic nitrogens is 1. The van der Waals surface area contributed by atoms with E-state index in [2.05, 4.69) is 4.98 Å². The van der Waals surface area contributed by atoms with Crippen molar-refractivity contribution in [2.75, 3.05) is 0 Å². The summed E-state index contributed by atoms with van der Waals surface area (Å²) in [6, 6.07) is 15.4. The van der Waals surface area contributed by atoms with E-state index in [4.69, 9.17) is 23.2 Å². The standard InChI is InChI=1S/C15H9Cl2N/c16-10-5-6-15-13(9-10)11(7-8-18-15)12-3-1-2-4-14(12)17/h1-9H. The third kappa shape index (κ3) is 1.96. The molecule has 0 aliphatic rings. The molecule has 0 aliphatic carbocycles. The molecule has 0 saturated carbocycles. The van der Waals surface area contributed by atoms with Gasteiger partial charge >= 0.3 is 0 Å². The lowest BCUT2D eigenvalue weighted by Crippen LogP contribution is -1.85. The molecule has 2 aromatic carbocycles. The Morgan fingerprint density at radius 1 is 0.833 bits per heavy atom. The molecule has 0 unspecified atom stereocenters. The molecule has 0 N–H and O–H groups in total. The van der Waals surface area contributed by atoms with Gasteiger partial charge in [0.1, 0.15) is 0 Å². The summed E-state index contributed by atoms with van der Waals surface area (Å²) in [4.78, 5) is 4.34. The minimum atomic E-state index is 0.698. The minimum Gasteiger partial charge on any atom is -0.256 e. The Morgan fingerprint density at radius 2 is 1.67 bits per heavy atom. The molecule has 1 heterocycles. The number of halogens is 2. The summed E-state index contributed by atoms with van der Waals surface area (Å²) in [7, 11) is 0. The summed E-state index contributed by atoms with van der Waals surface area (Å²) in [5.74, 6) is 0. The summed E-state index contributed by atoms with van der Waals surface area (Å²) in [5.41, 5.74) is 2.96. The van der Waals surface area contributed by atoms with E-state index in [9.17, 15) is 0 Å². The highest BCUT2D eigenvalue weighted by atomic mass is 35.5. The summed E-state index contributed by atoms with van der Waals surface area (Å²) >= 11 is 12.3. The Labute approximate surface area is 115 Å². The van der Waals surface area contributed by atoms with Crippen molar-refractivity contribution in [1.82, 2.24) is 4.98 Å². The van der Waals surface area contributed by atoms with Crippen LogP contribution in [0.3, 0.4) is 0 Å². The highest BCUT2D eigenvalue weighted by Crippen LogP contribution is 2.33. The number of hydrogen-bond donors (Lipinski definition) is 0. The van der Waals surface area contributed by atoms with Gasteiger partial charge in [-0.05, 0) is 35.9 Å². The lowest BCUT2D eigenvalue weighted by atomic mass is 10.0. The topological polar surface area (TPSA) is 12.9 Å². The first-order valence-corrected chi connectivity index (χ1v) is 6.30. The fourth-order valence-corrected chi connectivity index (χ4v) is 2.44. The number of benzene rings is 2. The zero-order valence-electron chi connectivity index (χ0n) is 9.40. The van der Waals surface area contributed by atoms with E-state index in [1.54, 1.807) is 6.20 Å². The van der Waals surface area contributed by atoms with Crippen LogP contribution < -0.4 is 0 Å². The van der Waals surface area contributed by atoms with Gasteiger partial charge in [-0.15, -0.1) is 0 Å². The van der Waals surface area contributed by atoms with Gasteiger partial charge in [-0.25, -0.2) is 0 Å². The van der Waals surface area contributed by atoms with Gasteiger partial charge in [0, 0.05) is 27.2 Å². The Balaban J connectivity index is 2.36. The smallest absolute Gasteiger partial charge is 0.0709 e. The molecular weight excluding hydrogens is 265 g/mol. The van der Waals surface area contributed by atoms with Crippen LogP contribution in [0, 0.1) is 0 Å². The van der Waals surface area contributed by atoms with Crippen molar-refractivity contribution in [2.24, 2.45) is 0 Å². The van der Waals surface area contributed by atoms with E-state index in [-0.39, 0.29) is 0 Å². The Bertz CT molecular complexity index is 723. The van der Waals surface area contributed by atoms with Gasteiger partial charge in [0.05, 0.1) is 5.52 Å². The quantitative estimate of drug-likeness (QED) is 0.593. The van der Waals surface area contributed by atoms with Gasteiger partial charge in [-0.3, -0.25) is 4.98 Å². The van der Waals surface area contributed by atoms with E-state index in [1.165, 1.54) is 0 Å². The van der Waals surface area contributed by atoms with Gasteiger partial charge in [0.25, 0.3) is 0 Å². The highest BCUT2D eigenvalue weighted by molar-refractivity contribution is 6.34. The van der Waals surface area contributed by atoms with Crippen molar-refractivity contribution in [3.8, 4) is 11.1 Å². The van der Waals surface area contributed by atoms with E-state index >= 15 is 0 Å². The summed E-state index contributed by atoms with van der Waals surface area (Å²) in [5, 5.41) is 2.44. The molecule has 1 nitrogen and oxygen atoms in total. The van der Waals surface area contributed by atoms with Gasteiger partial charge in [0.15, 0.2) is 0 Å². The molecule has 3 aromatic rings. The van der Waals surface area contributed by atoms with Crippen molar-refractivity contribution in [2.45, 2.75) is 0 Å². The lowest BCUT2D eigenvalue weighted by Gasteiger charge is -2.08. The monoisotopic (exact) mass is 273 g/mol. The van der Waals surface area contributed by atoms with E-state index < -0.39 is 0 Å². The first-order chi connectivity index (χ1) is 8.75. The van der Waals surface area contributed by atoms with Crippen LogP contribution in [0.1, 0.15) is 0 Å². The van der Waals surface area contributed by atoms with Crippen LogP contribution in [0.5, 0.6) is 0 Å². The second-order valence-electron chi connectivity index (χ2n) is 4.00. The van der Waals surface area contributed by atoms with Crippen LogP contribution in [0.15, 0.2) is 54.7 Å². The Morgan fingerprint density at radius 3 is 2.50 bits per heavy atom. The van der Waals surface area contributed by atoms with Crippen molar-refractivity contribution in [3.05, 3.63) is 64.8 Å². The molecule has 88 valence electrons. The zero-order valence-corrected chi connectivity index (χ0v) is 10.9. The van der Waals surface area contributed by atoms with Gasteiger partial charge in [0.2, 0.25) is 0 Å². The number of pyridine rings is 1. The molecule has 18 heavy (non-hydrogen) atoms. The Hall–Kier alpha value is -1.57. The molecule has 0 aliphatic heterocycles. The van der Waals surface area contributed by atoms with Crippen LogP contribution in [0.25, 0.3) is 22.0 Å². The molecule has 0 atom stereocenters. The third-order valence-electron chi connectivity index (χ3n) is 2.87. The van der Waals surface area contributed by atoms with Gasteiger partial charge in [-0.1, -0.05) is 41.4 Å². The maximum atomic E-state index is 6.25. The summed E-state index contributed by atoms with van der Waals surface area (Å²) in [6.45, 7) is 0. The number of rotatable bonds is 1. The maximum Gasteiger partial charge on any atom is 0.0709 e. The normalized spacial score (nSPS) is 10.8. The maximum absolute atomic E-state index is 6.25. The summed E-state index contributed by atoms with van der Waals surface area (Å²) in [6.07, 6.45) is 1.79. The molecule has 0 radical (unpaired) electrons. The van der Waals surface area contributed by atoms with E-state index in [1.807, 2.05) is 48.5 Å². The third-order valence-corrected chi connectivity index (χ3v) is 3.43. The Kier molecular flexibility index (Phi) is 2.94. The predicted octanol–water partition coefficient (Wildman–Crippen LogP) is 5.21. The van der Waals surface area contributed by atoms with Crippen molar-refractivity contribution in [3.63, 3.8) is 0 Å². The first-order valence-electron chi connectivity index (χ1n) is 5.55. The second-order valence-corrected chi connectivity index (χ2v) is 4.84. The van der Waals surface area contributed by atoms with Crippen LogP contribution in [0.2, 0.25) is 10.0 Å². The molecule has 0 amide bonds. The highest BCUT2D eigenvalue weighted by Gasteiger charge is 2.07. The molecule has 0 fully saturated rings. The van der Waals surface area contributed by atoms with Crippen LogP contribution >= 0.6 is 23.2 Å². The fourth-order valence-electron chi connectivity index (χ4n) is 2.03. The molecular formula is C15H9Cl2N.